The van der Waals surface area contributed by atoms with E-state index in [2.05, 4.69) is 46.2 Å². The summed E-state index contributed by atoms with van der Waals surface area (Å²) >= 11 is 3.45. The minimum Gasteiger partial charge on any atom is -0.341 e. The van der Waals surface area contributed by atoms with Gasteiger partial charge >= 0.3 is 0 Å². The number of anilines is 3. The van der Waals surface area contributed by atoms with Crippen LogP contribution in [0.5, 0.6) is 0 Å². The zero-order valence-corrected chi connectivity index (χ0v) is 17.6. The van der Waals surface area contributed by atoms with E-state index in [9.17, 15) is 0 Å². The van der Waals surface area contributed by atoms with Crippen LogP contribution in [0.2, 0.25) is 0 Å². The standard InChI is InChI=1S/C20H26BrN7/c21-17-9-7-16(8-10-17)15-22-26-18-23-19(27-11-3-1-4-12-27)25-20(24-18)28-13-5-2-6-14-28/h7-10,15H,1-6,11-14H2,(H,23,24,25,26)/b22-15-. The number of halogens is 1. The van der Waals surface area contributed by atoms with Crippen molar-refractivity contribution in [1.29, 1.82) is 0 Å². The minimum atomic E-state index is 0.504. The number of nitrogens with one attached hydrogen (secondary N) is 1. The summed E-state index contributed by atoms with van der Waals surface area (Å²) < 4.78 is 1.05. The summed E-state index contributed by atoms with van der Waals surface area (Å²) in [6.07, 6.45) is 9.10. The van der Waals surface area contributed by atoms with E-state index in [1.165, 1.54) is 38.5 Å². The van der Waals surface area contributed by atoms with E-state index < -0.39 is 0 Å². The van der Waals surface area contributed by atoms with Gasteiger partial charge in [0.25, 0.3) is 0 Å². The van der Waals surface area contributed by atoms with Crippen LogP contribution in [-0.4, -0.2) is 47.3 Å². The van der Waals surface area contributed by atoms with Crippen LogP contribution in [0.15, 0.2) is 33.8 Å². The van der Waals surface area contributed by atoms with E-state index in [0.717, 1.165) is 48.1 Å². The van der Waals surface area contributed by atoms with E-state index in [1.807, 2.05) is 24.3 Å². The van der Waals surface area contributed by atoms with Gasteiger partial charge in [-0.2, -0.15) is 20.1 Å². The molecule has 7 nitrogen and oxygen atoms in total. The first-order chi connectivity index (χ1) is 13.8. The molecule has 2 fully saturated rings. The van der Waals surface area contributed by atoms with Crippen LogP contribution in [0.25, 0.3) is 0 Å². The summed E-state index contributed by atoms with van der Waals surface area (Å²) in [6.45, 7) is 4.02. The summed E-state index contributed by atoms with van der Waals surface area (Å²) in [7, 11) is 0. The molecule has 1 N–H and O–H groups in total. The van der Waals surface area contributed by atoms with Gasteiger partial charge in [-0.3, -0.25) is 0 Å². The molecule has 2 aliphatic rings. The van der Waals surface area contributed by atoms with Crippen LogP contribution >= 0.6 is 15.9 Å². The lowest BCUT2D eigenvalue weighted by molar-refractivity contribution is 0.556. The Morgan fingerprint density at radius 1 is 0.786 bits per heavy atom. The molecule has 0 atom stereocenters. The molecule has 2 saturated heterocycles. The second-order valence-corrected chi connectivity index (χ2v) is 8.19. The van der Waals surface area contributed by atoms with Crippen molar-refractivity contribution in [3.63, 3.8) is 0 Å². The van der Waals surface area contributed by atoms with Crippen molar-refractivity contribution in [2.24, 2.45) is 5.10 Å². The highest BCUT2D eigenvalue weighted by Gasteiger charge is 2.20. The zero-order chi connectivity index (χ0) is 19.2. The van der Waals surface area contributed by atoms with Gasteiger partial charge in [-0.25, -0.2) is 5.43 Å². The number of benzene rings is 1. The summed E-state index contributed by atoms with van der Waals surface area (Å²) in [5.41, 5.74) is 4.02. The third-order valence-corrected chi connectivity index (χ3v) is 5.67. The fourth-order valence-corrected chi connectivity index (χ4v) is 3.85. The number of nitrogens with zero attached hydrogens (tertiary/aromatic N) is 6. The molecule has 3 heterocycles. The van der Waals surface area contributed by atoms with E-state index in [0.29, 0.717) is 5.95 Å². The number of hydrogen-bond donors (Lipinski definition) is 1. The van der Waals surface area contributed by atoms with Crippen molar-refractivity contribution in [3.8, 4) is 0 Å². The monoisotopic (exact) mass is 443 g/mol. The van der Waals surface area contributed by atoms with Crippen molar-refractivity contribution < 1.29 is 0 Å². The molecule has 1 aromatic heterocycles. The van der Waals surface area contributed by atoms with Gasteiger partial charge < -0.3 is 9.80 Å². The van der Waals surface area contributed by atoms with E-state index >= 15 is 0 Å². The average Bonchev–Trinajstić information content (AvgIpc) is 2.76. The highest BCUT2D eigenvalue weighted by atomic mass is 79.9. The number of hydrazone groups is 1. The Bertz CT molecular complexity index is 760. The zero-order valence-electron chi connectivity index (χ0n) is 16.0. The summed E-state index contributed by atoms with van der Waals surface area (Å²) in [5, 5.41) is 4.33. The molecule has 148 valence electrons. The predicted molar refractivity (Wildman–Crippen MR) is 117 cm³/mol. The quantitative estimate of drug-likeness (QED) is 0.554. The lowest BCUT2D eigenvalue weighted by atomic mass is 10.1. The Morgan fingerprint density at radius 3 is 1.86 bits per heavy atom. The number of rotatable bonds is 5. The van der Waals surface area contributed by atoms with Crippen molar-refractivity contribution in [1.82, 2.24) is 15.0 Å². The Hall–Kier alpha value is -2.22. The van der Waals surface area contributed by atoms with Gasteiger partial charge in [0.2, 0.25) is 17.8 Å². The van der Waals surface area contributed by atoms with Crippen LogP contribution in [0, 0.1) is 0 Å². The Kier molecular flexibility index (Phi) is 6.36. The third-order valence-electron chi connectivity index (χ3n) is 5.14. The van der Waals surface area contributed by atoms with Gasteiger partial charge in [0, 0.05) is 30.7 Å². The van der Waals surface area contributed by atoms with Crippen molar-refractivity contribution in [2.75, 3.05) is 41.4 Å². The lowest BCUT2D eigenvalue weighted by Crippen LogP contribution is -2.34. The van der Waals surface area contributed by atoms with Crippen LogP contribution in [0.4, 0.5) is 17.8 Å². The van der Waals surface area contributed by atoms with E-state index in [4.69, 9.17) is 4.98 Å². The average molecular weight is 444 g/mol. The van der Waals surface area contributed by atoms with Crippen LogP contribution < -0.4 is 15.2 Å². The molecule has 1 aromatic carbocycles. The lowest BCUT2D eigenvalue weighted by Gasteiger charge is -2.30. The smallest absolute Gasteiger partial charge is 0.250 e. The number of aromatic nitrogens is 3. The molecule has 4 rings (SSSR count). The second kappa shape index (κ2) is 9.32. The van der Waals surface area contributed by atoms with Crippen LogP contribution in [0.1, 0.15) is 44.1 Å². The topological polar surface area (TPSA) is 69.5 Å². The van der Waals surface area contributed by atoms with Gasteiger partial charge in [0.1, 0.15) is 0 Å². The molecule has 0 radical (unpaired) electrons. The first-order valence-corrected chi connectivity index (χ1v) is 10.9. The van der Waals surface area contributed by atoms with Gasteiger partial charge in [0.05, 0.1) is 6.21 Å². The number of piperidine rings is 2. The molecule has 0 spiro atoms. The van der Waals surface area contributed by atoms with E-state index in [-0.39, 0.29) is 0 Å². The molecular formula is C20H26BrN7. The molecular weight excluding hydrogens is 418 g/mol. The summed E-state index contributed by atoms with van der Waals surface area (Å²) in [4.78, 5) is 18.6. The Balaban J connectivity index is 1.54. The maximum absolute atomic E-state index is 4.79. The molecule has 8 heteroatoms. The number of hydrogen-bond acceptors (Lipinski definition) is 7. The normalized spacial score (nSPS) is 17.9. The molecule has 0 saturated carbocycles. The second-order valence-electron chi connectivity index (χ2n) is 7.28. The molecule has 0 aliphatic carbocycles. The van der Waals surface area contributed by atoms with Crippen molar-refractivity contribution in [2.45, 2.75) is 38.5 Å². The summed E-state index contributed by atoms with van der Waals surface area (Å²) in [6, 6.07) is 7.99. The van der Waals surface area contributed by atoms with E-state index in [1.54, 1.807) is 6.21 Å². The molecule has 0 amide bonds. The first-order valence-electron chi connectivity index (χ1n) is 10.1. The molecule has 2 aliphatic heterocycles. The van der Waals surface area contributed by atoms with Crippen molar-refractivity contribution >= 4 is 40.0 Å². The maximum Gasteiger partial charge on any atom is 0.250 e. The Morgan fingerprint density at radius 2 is 1.32 bits per heavy atom. The maximum atomic E-state index is 4.79. The SMILES string of the molecule is Brc1ccc(/C=N\Nc2nc(N3CCCCC3)nc(N3CCCCC3)n2)cc1. The highest BCUT2D eigenvalue weighted by molar-refractivity contribution is 9.10. The fourth-order valence-electron chi connectivity index (χ4n) is 3.59. The summed E-state index contributed by atoms with van der Waals surface area (Å²) in [5.74, 6) is 2.03. The Labute approximate surface area is 174 Å². The van der Waals surface area contributed by atoms with Gasteiger partial charge in [-0.15, -0.1) is 0 Å². The van der Waals surface area contributed by atoms with Crippen LogP contribution in [0.3, 0.4) is 0 Å². The van der Waals surface area contributed by atoms with Crippen molar-refractivity contribution in [3.05, 3.63) is 34.3 Å². The molecule has 2 aromatic rings. The highest BCUT2D eigenvalue weighted by Crippen LogP contribution is 2.22. The molecule has 0 bridgehead atoms. The van der Waals surface area contributed by atoms with Gasteiger partial charge in [-0.1, -0.05) is 28.1 Å². The largest absolute Gasteiger partial charge is 0.341 e. The predicted octanol–water partition coefficient (Wildman–Crippen LogP) is 4.06. The van der Waals surface area contributed by atoms with Gasteiger partial charge in [0.15, 0.2) is 0 Å². The minimum absolute atomic E-state index is 0.504. The third kappa shape index (κ3) is 4.98. The fraction of sp³-hybridized carbons (Fsp3) is 0.500. The first kappa shape index (κ1) is 19.1. The van der Waals surface area contributed by atoms with Crippen LogP contribution in [-0.2, 0) is 0 Å². The molecule has 0 unspecified atom stereocenters. The molecule has 28 heavy (non-hydrogen) atoms. The van der Waals surface area contributed by atoms with Gasteiger partial charge in [-0.05, 0) is 56.2 Å².